The van der Waals surface area contributed by atoms with E-state index in [-0.39, 0.29) is 17.0 Å². The van der Waals surface area contributed by atoms with Gasteiger partial charge in [0.1, 0.15) is 10.6 Å². The van der Waals surface area contributed by atoms with Crippen LogP contribution in [-0.2, 0) is 9.59 Å². The fourth-order valence-corrected chi connectivity index (χ4v) is 5.35. The molecule has 3 N–H and O–H groups in total. The van der Waals surface area contributed by atoms with Crippen LogP contribution < -0.4 is 20.8 Å². The second-order valence-corrected chi connectivity index (χ2v) is 10.7. The Morgan fingerprint density at radius 1 is 0.767 bits per heavy atom. The van der Waals surface area contributed by atoms with E-state index in [1.807, 2.05) is 24.3 Å². The molecule has 0 radical (unpaired) electrons. The van der Waals surface area contributed by atoms with E-state index < -0.39 is 23.7 Å². The smallest absolute Gasteiger partial charge is 0.355 e. The van der Waals surface area contributed by atoms with Crippen LogP contribution in [0.25, 0.3) is 10.1 Å². The van der Waals surface area contributed by atoms with E-state index >= 15 is 0 Å². The monoisotopic (exact) mass is 630 g/mol. The lowest BCUT2D eigenvalue weighted by molar-refractivity contribution is -0.136. The number of amides is 3. The van der Waals surface area contributed by atoms with Crippen LogP contribution in [0.3, 0.4) is 0 Å². The Hall–Kier alpha value is -5.03. The minimum atomic E-state index is -1.05. The third kappa shape index (κ3) is 7.25. The molecule has 0 atom stereocenters. The van der Waals surface area contributed by atoms with Crippen LogP contribution in [0, 0.1) is 0 Å². The molecule has 43 heavy (non-hydrogen) atoms. The average Bonchev–Trinajstić information content (AvgIpc) is 3.35. The molecule has 0 spiro atoms. The Labute approximate surface area is 259 Å². The molecule has 0 fully saturated rings. The zero-order valence-corrected chi connectivity index (χ0v) is 24.3. The summed E-state index contributed by atoms with van der Waals surface area (Å²) in [5.74, 6) is -2.84. The number of thiophene rings is 1. The van der Waals surface area contributed by atoms with Gasteiger partial charge < -0.3 is 15.4 Å². The highest BCUT2D eigenvalue weighted by Crippen LogP contribution is 2.35. The zero-order chi connectivity index (χ0) is 30.3. The number of anilines is 2. The molecule has 5 rings (SSSR count). The SMILES string of the molecule is O=C(N/N=C/c1ccc(OC(=O)c2sc3ccccc3c2Cl)cc1)C(=O)Nc1ccccc1C(=O)Nc1ccc(Cl)cc1. The number of hydrogen-bond donors (Lipinski definition) is 3. The maximum absolute atomic E-state index is 12.8. The number of para-hydroxylation sites is 1. The lowest BCUT2D eigenvalue weighted by Crippen LogP contribution is -2.33. The minimum Gasteiger partial charge on any atom is -0.422 e. The predicted octanol–water partition coefficient (Wildman–Crippen LogP) is 6.77. The molecule has 214 valence electrons. The lowest BCUT2D eigenvalue weighted by atomic mass is 10.1. The first-order valence-electron chi connectivity index (χ1n) is 12.6. The number of esters is 1. The summed E-state index contributed by atoms with van der Waals surface area (Å²) in [4.78, 5) is 50.5. The van der Waals surface area contributed by atoms with Gasteiger partial charge >= 0.3 is 17.8 Å². The first-order valence-corrected chi connectivity index (χ1v) is 14.2. The third-order valence-electron chi connectivity index (χ3n) is 5.92. The number of fused-ring (bicyclic) bond motifs is 1. The molecule has 0 saturated carbocycles. The van der Waals surface area contributed by atoms with Gasteiger partial charge in [0.2, 0.25) is 0 Å². The highest BCUT2D eigenvalue weighted by molar-refractivity contribution is 7.21. The minimum absolute atomic E-state index is 0.139. The first-order chi connectivity index (χ1) is 20.8. The fraction of sp³-hybridized carbons (Fsp3) is 0. The van der Waals surface area contributed by atoms with Crippen LogP contribution >= 0.6 is 34.5 Å². The molecule has 0 aliphatic rings. The summed E-state index contributed by atoms with van der Waals surface area (Å²) < 4.78 is 6.33. The van der Waals surface area contributed by atoms with E-state index in [9.17, 15) is 19.2 Å². The molecule has 4 aromatic carbocycles. The van der Waals surface area contributed by atoms with Crippen molar-refractivity contribution in [3.8, 4) is 5.75 Å². The van der Waals surface area contributed by atoms with Gasteiger partial charge in [0.15, 0.2) is 0 Å². The van der Waals surface area contributed by atoms with E-state index in [1.165, 1.54) is 29.7 Å². The molecule has 0 unspecified atom stereocenters. The molecule has 5 aromatic rings. The van der Waals surface area contributed by atoms with Crippen molar-refractivity contribution >= 4 is 85.9 Å². The molecule has 0 bridgehead atoms. The second kappa shape index (κ2) is 13.3. The number of carbonyl (C=O) groups is 4. The highest BCUT2D eigenvalue weighted by atomic mass is 35.5. The number of ether oxygens (including phenoxy) is 1. The summed E-state index contributed by atoms with van der Waals surface area (Å²) in [7, 11) is 0. The largest absolute Gasteiger partial charge is 0.422 e. The summed E-state index contributed by atoms with van der Waals surface area (Å²) in [5.41, 5.74) is 3.50. The molecule has 12 heteroatoms. The third-order valence-corrected chi connectivity index (χ3v) is 7.83. The van der Waals surface area contributed by atoms with Gasteiger partial charge in [0.05, 0.1) is 22.5 Å². The van der Waals surface area contributed by atoms with Crippen molar-refractivity contribution in [2.45, 2.75) is 0 Å². The van der Waals surface area contributed by atoms with E-state index in [2.05, 4.69) is 21.2 Å². The molecule has 0 aliphatic carbocycles. The molecule has 0 saturated heterocycles. The summed E-state index contributed by atoms with van der Waals surface area (Å²) in [6.45, 7) is 0. The Bertz CT molecular complexity index is 1870. The standard InChI is InChI=1S/C31H20Cl2N4O5S/c32-19-11-13-20(14-12-19)35-28(38)22-5-1-3-7-24(22)36-29(39)30(40)37-34-17-18-9-15-21(16-10-18)42-31(41)27-26(33)23-6-2-4-8-25(23)43-27/h1-17H,(H,35,38)(H,36,39)(H,37,40)/b34-17+. The average molecular weight is 631 g/mol. The molecule has 9 nitrogen and oxygen atoms in total. The van der Waals surface area contributed by atoms with Crippen molar-refractivity contribution in [2.75, 3.05) is 10.6 Å². The van der Waals surface area contributed by atoms with Gasteiger partial charge in [-0.1, -0.05) is 53.5 Å². The van der Waals surface area contributed by atoms with Gasteiger partial charge in [-0.25, -0.2) is 10.2 Å². The molecule has 0 aliphatic heterocycles. The summed E-state index contributed by atoms with van der Waals surface area (Å²) in [6.07, 6.45) is 1.31. The van der Waals surface area contributed by atoms with E-state index in [0.717, 1.165) is 10.1 Å². The van der Waals surface area contributed by atoms with Crippen molar-refractivity contribution in [2.24, 2.45) is 5.10 Å². The Balaban J connectivity index is 1.15. The topological polar surface area (TPSA) is 126 Å². The normalized spacial score (nSPS) is 10.8. The first kappa shape index (κ1) is 29.5. The maximum Gasteiger partial charge on any atom is 0.355 e. The fourth-order valence-electron chi connectivity index (χ4n) is 3.84. The van der Waals surface area contributed by atoms with Gasteiger partial charge in [-0.2, -0.15) is 5.10 Å². The van der Waals surface area contributed by atoms with E-state index in [0.29, 0.717) is 26.2 Å². The van der Waals surface area contributed by atoms with Crippen molar-refractivity contribution in [1.82, 2.24) is 5.43 Å². The number of hydrazone groups is 1. The van der Waals surface area contributed by atoms with Gasteiger partial charge in [-0.05, 0) is 72.3 Å². The van der Waals surface area contributed by atoms with Crippen molar-refractivity contribution in [1.29, 1.82) is 0 Å². The Morgan fingerprint density at radius 3 is 2.21 bits per heavy atom. The Kier molecular flexibility index (Phi) is 9.11. The van der Waals surface area contributed by atoms with E-state index in [4.69, 9.17) is 27.9 Å². The quantitative estimate of drug-likeness (QED) is 0.0601. The molecule has 3 amide bonds. The number of rotatable bonds is 7. The van der Waals surface area contributed by atoms with Crippen molar-refractivity contribution < 1.29 is 23.9 Å². The van der Waals surface area contributed by atoms with Gasteiger partial charge in [0, 0.05) is 20.8 Å². The number of nitrogens with zero attached hydrogens (tertiary/aromatic N) is 1. The molecule has 1 aromatic heterocycles. The van der Waals surface area contributed by atoms with Crippen LogP contribution in [0.4, 0.5) is 11.4 Å². The van der Waals surface area contributed by atoms with Gasteiger partial charge in [-0.3, -0.25) is 14.4 Å². The number of nitrogens with one attached hydrogen (secondary N) is 3. The van der Waals surface area contributed by atoms with Gasteiger partial charge in [-0.15, -0.1) is 11.3 Å². The Morgan fingerprint density at radius 2 is 1.47 bits per heavy atom. The molecular formula is C31H20Cl2N4O5S. The summed E-state index contributed by atoms with van der Waals surface area (Å²) in [6, 6.07) is 26.5. The predicted molar refractivity (Wildman–Crippen MR) is 168 cm³/mol. The maximum atomic E-state index is 12.8. The van der Waals surface area contributed by atoms with Crippen LogP contribution in [0.5, 0.6) is 5.75 Å². The van der Waals surface area contributed by atoms with Crippen LogP contribution in [0.1, 0.15) is 25.6 Å². The summed E-state index contributed by atoms with van der Waals surface area (Å²) >= 11 is 13.5. The van der Waals surface area contributed by atoms with Gasteiger partial charge in [0.25, 0.3) is 5.91 Å². The summed E-state index contributed by atoms with van der Waals surface area (Å²) in [5, 5.41) is 10.6. The number of halogens is 2. The zero-order valence-electron chi connectivity index (χ0n) is 22.0. The van der Waals surface area contributed by atoms with Crippen LogP contribution in [0.2, 0.25) is 10.0 Å². The lowest BCUT2D eigenvalue weighted by Gasteiger charge is -2.11. The van der Waals surface area contributed by atoms with E-state index in [1.54, 1.807) is 60.7 Å². The highest BCUT2D eigenvalue weighted by Gasteiger charge is 2.20. The second-order valence-electron chi connectivity index (χ2n) is 8.86. The number of benzene rings is 4. The number of hydrogen-bond acceptors (Lipinski definition) is 7. The van der Waals surface area contributed by atoms with Crippen LogP contribution in [0.15, 0.2) is 102 Å². The molecular weight excluding hydrogens is 611 g/mol. The van der Waals surface area contributed by atoms with Crippen molar-refractivity contribution in [3.63, 3.8) is 0 Å². The number of carbonyl (C=O) groups excluding carboxylic acids is 4. The molecule has 1 heterocycles. The van der Waals surface area contributed by atoms with Crippen LogP contribution in [-0.4, -0.2) is 29.9 Å². The van der Waals surface area contributed by atoms with Crippen molar-refractivity contribution in [3.05, 3.63) is 123 Å².